The molecule has 206 valence electrons. The van der Waals surface area contributed by atoms with Gasteiger partial charge < -0.3 is 9.80 Å². The van der Waals surface area contributed by atoms with Crippen LogP contribution in [0.1, 0.15) is 6.92 Å². The molecule has 14 heteroatoms. The van der Waals surface area contributed by atoms with Gasteiger partial charge in [-0.15, -0.1) is 11.3 Å². The van der Waals surface area contributed by atoms with E-state index in [1.165, 1.54) is 37.5 Å². The molecule has 10 nitrogen and oxygen atoms in total. The predicted molar refractivity (Wildman–Crippen MR) is 157 cm³/mol. The molecule has 0 saturated carbocycles. The second-order valence-electron chi connectivity index (χ2n) is 8.91. The minimum absolute atomic E-state index is 0.00496. The summed E-state index contributed by atoms with van der Waals surface area (Å²) in [6.45, 7) is 3.46. The third kappa shape index (κ3) is 6.09. The number of allylic oxidation sites excluding steroid dienone is 1. The molecule has 1 aliphatic rings. The lowest BCUT2D eigenvalue weighted by Crippen LogP contribution is -2.48. The van der Waals surface area contributed by atoms with Gasteiger partial charge in [0.25, 0.3) is 10.0 Å². The summed E-state index contributed by atoms with van der Waals surface area (Å²) in [6, 6.07) is 10.2. The zero-order valence-corrected chi connectivity index (χ0v) is 24.2. The Morgan fingerprint density at radius 2 is 1.75 bits per heavy atom. The summed E-state index contributed by atoms with van der Waals surface area (Å²) in [7, 11) is -3.90. The number of nitrogens with zero attached hydrogens (tertiary/aromatic N) is 5. The predicted octanol–water partition coefficient (Wildman–Crippen LogP) is 4.65. The van der Waals surface area contributed by atoms with E-state index >= 15 is 0 Å². The molecular weight excluding hydrogens is 595 g/mol. The van der Waals surface area contributed by atoms with Crippen LogP contribution in [0.5, 0.6) is 0 Å². The van der Waals surface area contributed by atoms with Gasteiger partial charge in [-0.1, -0.05) is 29.3 Å². The average molecular weight is 618 g/mol. The van der Waals surface area contributed by atoms with Crippen molar-refractivity contribution >= 4 is 78.7 Å². The van der Waals surface area contributed by atoms with Crippen molar-refractivity contribution in [3.8, 4) is 11.1 Å². The van der Waals surface area contributed by atoms with Gasteiger partial charge in [0.2, 0.25) is 5.91 Å². The first kappa shape index (κ1) is 28.0. The van der Waals surface area contributed by atoms with Gasteiger partial charge in [0, 0.05) is 49.4 Å². The highest BCUT2D eigenvalue weighted by Crippen LogP contribution is 2.33. The first-order valence-electron chi connectivity index (χ1n) is 12.0. The number of halogens is 2. The van der Waals surface area contributed by atoms with Crippen molar-refractivity contribution < 1.29 is 18.0 Å². The van der Waals surface area contributed by atoms with Gasteiger partial charge in [0.15, 0.2) is 10.9 Å². The fourth-order valence-electron chi connectivity index (χ4n) is 4.22. The summed E-state index contributed by atoms with van der Waals surface area (Å²) in [5.41, 5.74) is 2.26. The van der Waals surface area contributed by atoms with Crippen molar-refractivity contribution in [2.75, 3.05) is 35.8 Å². The Kier molecular flexibility index (Phi) is 8.04. The molecule has 4 aromatic rings. The molecule has 1 amide bonds. The number of aromatic nitrogens is 3. The van der Waals surface area contributed by atoms with Gasteiger partial charge in [-0.25, -0.2) is 23.4 Å². The molecule has 1 saturated heterocycles. The Bertz CT molecular complexity index is 1750. The highest BCUT2D eigenvalue weighted by molar-refractivity contribution is 7.94. The number of ketones is 1. The lowest BCUT2D eigenvalue weighted by molar-refractivity contribution is -0.126. The fraction of sp³-hybridized carbons (Fsp3) is 0.192. The molecule has 3 aromatic heterocycles. The Hall–Kier alpha value is -3.58. The molecule has 0 aliphatic carbocycles. The maximum absolute atomic E-state index is 12.8. The van der Waals surface area contributed by atoms with Gasteiger partial charge in [-0.2, -0.15) is 0 Å². The number of hydrogen-bond acceptors (Lipinski definition) is 9. The van der Waals surface area contributed by atoms with Crippen LogP contribution < -0.4 is 9.62 Å². The molecule has 1 aliphatic heterocycles. The Labute approximate surface area is 244 Å². The van der Waals surface area contributed by atoms with Gasteiger partial charge in [0.05, 0.1) is 15.5 Å². The van der Waals surface area contributed by atoms with Crippen molar-refractivity contribution in [1.29, 1.82) is 0 Å². The van der Waals surface area contributed by atoms with Crippen LogP contribution >= 0.6 is 34.5 Å². The Morgan fingerprint density at radius 1 is 0.975 bits per heavy atom. The number of fused-ring (bicyclic) bond motifs is 1. The van der Waals surface area contributed by atoms with Crippen LogP contribution in [-0.4, -0.2) is 66.1 Å². The molecule has 0 spiro atoms. The highest BCUT2D eigenvalue weighted by Gasteiger charge is 2.23. The van der Waals surface area contributed by atoms with E-state index in [1.54, 1.807) is 17.2 Å². The smallest absolute Gasteiger partial charge is 0.271 e. The van der Waals surface area contributed by atoms with Crippen LogP contribution in [0.25, 0.3) is 22.0 Å². The zero-order valence-electron chi connectivity index (χ0n) is 21.0. The van der Waals surface area contributed by atoms with Gasteiger partial charge in [-0.05, 0) is 48.9 Å². The molecule has 0 unspecified atom stereocenters. The van der Waals surface area contributed by atoms with Crippen molar-refractivity contribution in [2.45, 2.75) is 11.1 Å². The second-order valence-corrected chi connectivity index (χ2v) is 12.9. The number of carbonyl (C=O) groups excluding carboxylic acids is 2. The van der Waals surface area contributed by atoms with E-state index in [0.29, 0.717) is 36.1 Å². The van der Waals surface area contributed by atoms with E-state index in [4.69, 9.17) is 23.2 Å². The van der Waals surface area contributed by atoms with Crippen LogP contribution in [-0.2, 0) is 19.6 Å². The molecule has 5 rings (SSSR count). The molecule has 40 heavy (non-hydrogen) atoms. The van der Waals surface area contributed by atoms with E-state index in [1.807, 2.05) is 18.2 Å². The minimum atomic E-state index is -3.90. The van der Waals surface area contributed by atoms with Crippen molar-refractivity contribution in [2.24, 2.45) is 0 Å². The monoisotopic (exact) mass is 616 g/mol. The topological polar surface area (TPSA) is 125 Å². The Morgan fingerprint density at radius 3 is 2.45 bits per heavy atom. The number of sulfonamides is 1. The fourth-order valence-corrected chi connectivity index (χ4v) is 6.97. The number of pyridine rings is 1. The quantitative estimate of drug-likeness (QED) is 0.235. The van der Waals surface area contributed by atoms with Gasteiger partial charge in [0.1, 0.15) is 16.4 Å². The van der Waals surface area contributed by atoms with Crippen LogP contribution in [0.3, 0.4) is 0 Å². The largest absolute Gasteiger partial charge is 0.352 e. The zero-order chi connectivity index (χ0) is 28.4. The van der Waals surface area contributed by atoms with E-state index in [9.17, 15) is 18.0 Å². The molecule has 0 radical (unpaired) electrons. The summed E-state index contributed by atoms with van der Waals surface area (Å²) in [4.78, 5) is 40.4. The first-order valence-corrected chi connectivity index (χ1v) is 15.1. The number of carbonyl (C=O) groups is 2. The van der Waals surface area contributed by atoms with E-state index in [-0.39, 0.29) is 26.7 Å². The van der Waals surface area contributed by atoms with Gasteiger partial charge in [-0.3, -0.25) is 14.3 Å². The normalized spacial score (nSPS) is 14.2. The average Bonchev–Trinajstić information content (AvgIpc) is 3.39. The lowest BCUT2D eigenvalue weighted by Gasteiger charge is -2.35. The summed E-state index contributed by atoms with van der Waals surface area (Å²) in [6.07, 6.45) is 5.63. The van der Waals surface area contributed by atoms with Crippen LogP contribution in [0.4, 0.5) is 11.5 Å². The summed E-state index contributed by atoms with van der Waals surface area (Å²) in [5.74, 6) is 0.340. The molecule has 0 atom stereocenters. The highest BCUT2D eigenvalue weighted by atomic mass is 35.5. The number of hydrogen-bond donors (Lipinski definition) is 1. The first-order chi connectivity index (χ1) is 19.1. The number of piperazine rings is 1. The molecule has 1 N–H and O–H groups in total. The maximum atomic E-state index is 12.8. The van der Waals surface area contributed by atoms with Crippen molar-refractivity contribution in [1.82, 2.24) is 19.9 Å². The van der Waals surface area contributed by atoms with Crippen LogP contribution in [0, 0.1) is 0 Å². The Balaban J connectivity index is 1.41. The molecule has 1 aromatic carbocycles. The van der Waals surface area contributed by atoms with E-state index in [2.05, 4.69) is 24.6 Å². The second kappa shape index (κ2) is 11.5. The third-order valence-electron chi connectivity index (χ3n) is 6.20. The number of nitrogens with one attached hydrogen (secondary N) is 1. The summed E-state index contributed by atoms with van der Waals surface area (Å²) in [5, 5.41) is 0.798. The molecule has 0 bridgehead atoms. The van der Waals surface area contributed by atoms with E-state index in [0.717, 1.165) is 33.6 Å². The summed E-state index contributed by atoms with van der Waals surface area (Å²) >= 11 is 13.1. The molecule has 1 fully saturated rings. The third-order valence-corrected chi connectivity index (χ3v) is 9.59. The lowest BCUT2D eigenvalue weighted by atomic mass is 10.0. The van der Waals surface area contributed by atoms with Crippen molar-refractivity contribution in [3.05, 3.63) is 70.6 Å². The number of amides is 1. The maximum Gasteiger partial charge on any atom is 0.271 e. The van der Waals surface area contributed by atoms with Crippen molar-refractivity contribution in [3.63, 3.8) is 0 Å². The summed E-state index contributed by atoms with van der Waals surface area (Å²) < 4.78 is 28.6. The number of thiophene rings is 1. The van der Waals surface area contributed by atoms with E-state index < -0.39 is 10.0 Å². The SMILES string of the molecule is CC(=O)/C=C/C(=O)N1CCN(c2ncnc3ccc(-c4cnc(Cl)c(NS(=O)(=O)c5ccc(Cl)s5)c4)cc23)CC1. The minimum Gasteiger partial charge on any atom is -0.352 e. The van der Waals surface area contributed by atoms with Gasteiger partial charge >= 0.3 is 0 Å². The van der Waals surface area contributed by atoms with Crippen LogP contribution in [0.15, 0.2) is 65.3 Å². The van der Waals surface area contributed by atoms with Crippen LogP contribution in [0.2, 0.25) is 9.49 Å². The molecule has 4 heterocycles. The standard InChI is InChI=1S/C26H22Cl2N6O4S2/c1-16(35)2-6-23(36)33-8-10-34(11-9-33)26-19-12-17(3-4-20(19)30-15-31-26)18-13-21(25(28)29-14-18)32-40(37,38)24-7-5-22(27)39-24/h2-7,12-15,32H,8-11H2,1H3/b6-2+. The number of anilines is 2. The molecular formula is C26H22Cl2N6O4S2. The number of benzene rings is 1. The number of rotatable bonds is 7.